The van der Waals surface area contributed by atoms with Gasteiger partial charge in [-0.25, -0.2) is 4.79 Å². The highest BCUT2D eigenvalue weighted by atomic mass is 127. The Morgan fingerprint density at radius 2 is 2.00 bits per heavy atom. The van der Waals surface area contributed by atoms with E-state index in [4.69, 9.17) is 16.3 Å². The van der Waals surface area contributed by atoms with Crippen molar-refractivity contribution in [1.29, 1.82) is 0 Å². The molecule has 1 amide bonds. The summed E-state index contributed by atoms with van der Waals surface area (Å²) in [4.78, 5) is 34.0. The second kappa shape index (κ2) is 8.26. The van der Waals surface area contributed by atoms with E-state index in [-0.39, 0.29) is 16.3 Å². The van der Waals surface area contributed by atoms with Crippen molar-refractivity contribution < 1.29 is 19.2 Å². The summed E-state index contributed by atoms with van der Waals surface area (Å²) in [6.07, 6.45) is 0. The Morgan fingerprint density at radius 3 is 2.64 bits per heavy atom. The van der Waals surface area contributed by atoms with Gasteiger partial charge in [0.2, 0.25) is 0 Å². The van der Waals surface area contributed by atoms with E-state index in [2.05, 4.69) is 27.9 Å². The first-order chi connectivity index (χ1) is 11.8. The predicted molar refractivity (Wildman–Crippen MR) is 101 cm³/mol. The zero-order chi connectivity index (χ0) is 18.6. The number of nitro benzene ring substituents is 1. The molecule has 130 valence electrons. The maximum atomic E-state index is 12.0. The van der Waals surface area contributed by atoms with Crippen LogP contribution in [0.4, 0.5) is 11.4 Å². The van der Waals surface area contributed by atoms with Gasteiger partial charge in [-0.3, -0.25) is 14.9 Å². The number of hydrogen-bond donors (Lipinski definition) is 1. The topological polar surface area (TPSA) is 98.5 Å². The summed E-state index contributed by atoms with van der Waals surface area (Å²) >= 11 is 8.01. The molecule has 0 fully saturated rings. The van der Waals surface area contributed by atoms with Gasteiger partial charge in [0.1, 0.15) is 0 Å². The predicted octanol–water partition coefficient (Wildman–Crippen LogP) is 3.96. The highest BCUT2D eigenvalue weighted by Crippen LogP contribution is 2.23. The number of carbonyl (C=O) groups is 2. The maximum Gasteiger partial charge on any atom is 0.340 e. The third-order valence-corrected chi connectivity index (χ3v) is 4.18. The third kappa shape index (κ3) is 5.13. The van der Waals surface area contributed by atoms with Gasteiger partial charge < -0.3 is 10.1 Å². The Bertz CT molecular complexity index is 856. The normalized spacial score (nSPS) is 10.2. The number of rotatable bonds is 5. The maximum absolute atomic E-state index is 12.0. The monoisotopic (exact) mass is 474 g/mol. The first-order valence-electron chi connectivity index (χ1n) is 6.95. The van der Waals surface area contributed by atoms with Crippen LogP contribution >= 0.6 is 34.2 Å². The van der Waals surface area contributed by atoms with Crippen molar-refractivity contribution in [1.82, 2.24) is 0 Å². The van der Waals surface area contributed by atoms with Crippen molar-refractivity contribution in [2.45, 2.75) is 6.92 Å². The van der Waals surface area contributed by atoms with Crippen molar-refractivity contribution in [3.63, 3.8) is 0 Å². The summed E-state index contributed by atoms with van der Waals surface area (Å²) in [5.74, 6) is -1.44. The van der Waals surface area contributed by atoms with Crippen molar-refractivity contribution in [3.8, 4) is 0 Å². The van der Waals surface area contributed by atoms with E-state index in [0.29, 0.717) is 5.69 Å². The standard InChI is InChI=1S/C16H12ClIN2O5/c1-9-6-10(18)2-5-14(9)19-15(21)8-25-16(22)12-7-11(20(23)24)3-4-13(12)17/h2-7H,8H2,1H3,(H,19,21). The molecule has 2 aromatic rings. The summed E-state index contributed by atoms with van der Waals surface area (Å²) in [7, 11) is 0. The average molecular weight is 475 g/mol. The zero-order valence-electron chi connectivity index (χ0n) is 12.9. The first-order valence-corrected chi connectivity index (χ1v) is 8.40. The molecule has 1 N–H and O–H groups in total. The number of amides is 1. The molecule has 0 saturated heterocycles. The smallest absolute Gasteiger partial charge is 0.340 e. The van der Waals surface area contributed by atoms with Gasteiger partial charge in [-0.15, -0.1) is 0 Å². The number of esters is 1. The van der Waals surface area contributed by atoms with E-state index < -0.39 is 23.4 Å². The molecule has 0 saturated carbocycles. The number of nitrogens with one attached hydrogen (secondary N) is 1. The molecular formula is C16H12ClIN2O5. The third-order valence-electron chi connectivity index (χ3n) is 3.18. The molecule has 0 aliphatic carbocycles. The van der Waals surface area contributed by atoms with Crippen LogP contribution in [0.15, 0.2) is 36.4 Å². The molecule has 2 rings (SSSR count). The molecule has 0 bridgehead atoms. The van der Waals surface area contributed by atoms with Crippen molar-refractivity contribution >= 4 is 57.4 Å². The van der Waals surface area contributed by atoms with Gasteiger partial charge in [-0.1, -0.05) is 11.6 Å². The summed E-state index contributed by atoms with van der Waals surface area (Å²) in [5, 5.41) is 13.4. The van der Waals surface area contributed by atoms with Crippen LogP contribution in [0.3, 0.4) is 0 Å². The lowest BCUT2D eigenvalue weighted by atomic mass is 10.2. The van der Waals surface area contributed by atoms with Crippen molar-refractivity contribution in [2.75, 3.05) is 11.9 Å². The second-order valence-corrected chi connectivity index (χ2v) is 6.66. The SMILES string of the molecule is Cc1cc(I)ccc1NC(=O)COC(=O)c1cc([N+](=O)[O-])ccc1Cl. The number of carbonyl (C=O) groups excluding carboxylic acids is 2. The van der Waals surface area contributed by atoms with Gasteiger partial charge in [0, 0.05) is 21.4 Å². The lowest BCUT2D eigenvalue weighted by molar-refractivity contribution is -0.384. The van der Waals surface area contributed by atoms with Gasteiger partial charge in [-0.2, -0.15) is 0 Å². The molecule has 2 aromatic carbocycles. The molecule has 0 heterocycles. The number of non-ortho nitro benzene ring substituents is 1. The van der Waals surface area contributed by atoms with Crippen molar-refractivity contribution in [2.24, 2.45) is 0 Å². The highest BCUT2D eigenvalue weighted by molar-refractivity contribution is 14.1. The van der Waals surface area contributed by atoms with Crippen LogP contribution in [0.5, 0.6) is 0 Å². The fourth-order valence-electron chi connectivity index (χ4n) is 1.95. The Balaban J connectivity index is 2.01. The molecule has 0 unspecified atom stereocenters. The van der Waals surface area contributed by atoms with Crippen LogP contribution < -0.4 is 5.32 Å². The molecular weight excluding hydrogens is 463 g/mol. The molecule has 0 aliphatic rings. The van der Waals surface area contributed by atoms with Gasteiger partial charge >= 0.3 is 5.97 Å². The lowest BCUT2D eigenvalue weighted by Crippen LogP contribution is -2.21. The molecule has 7 nitrogen and oxygen atoms in total. The molecule has 0 aromatic heterocycles. The molecule has 0 spiro atoms. The Labute approximate surface area is 161 Å². The van der Waals surface area contributed by atoms with Gasteiger partial charge in [-0.05, 0) is 59.3 Å². The second-order valence-electron chi connectivity index (χ2n) is 5.00. The summed E-state index contributed by atoms with van der Waals surface area (Å²) in [6.45, 7) is 1.30. The van der Waals surface area contributed by atoms with E-state index in [1.807, 2.05) is 19.1 Å². The van der Waals surface area contributed by atoms with Crippen LogP contribution in [0.1, 0.15) is 15.9 Å². The fraction of sp³-hybridized carbons (Fsp3) is 0.125. The Kier molecular flexibility index (Phi) is 6.32. The lowest BCUT2D eigenvalue weighted by Gasteiger charge is -2.09. The summed E-state index contributed by atoms with van der Waals surface area (Å²) < 4.78 is 5.91. The molecule has 0 atom stereocenters. The summed E-state index contributed by atoms with van der Waals surface area (Å²) in [5.41, 5.74) is 1.01. The van der Waals surface area contributed by atoms with Gasteiger partial charge in [0.15, 0.2) is 6.61 Å². The molecule has 25 heavy (non-hydrogen) atoms. The van der Waals surface area contributed by atoms with E-state index in [1.54, 1.807) is 6.07 Å². The van der Waals surface area contributed by atoms with Gasteiger partial charge in [0.25, 0.3) is 11.6 Å². The Hall–Kier alpha value is -2.20. The van der Waals surface area contributed by atoms with E-state index >= 15 is 0 Å². The quantitative estimate of drug-likeness (QED) is 0.306. The number of halogens is 2. The number of aryl methyl sites for hydroxylation is 1. The number of nitro groups is 1. The van der Waals surface area contributed by atoms with Crippen molar-refractivity contribution in [3.05, 3.63) is 66.2 Å². The number of anilines is 1. The largest absolute Gasteiger partial charge is 0.452 e. The van der Waals surface area contributed by atoms with Crippen LogP contribution in [-0.4, -0.2) is 23.4 Å². The Morgan fingerprint density at radius 1 is 1.28 bits per heavy atom. The van der Waals surface area contributed by atoms with E-state index in [1.165, 1.54) is 12.1 Å². The number of nitrogens with zero attached hydrogens (tertiary/aromatic N) is 1. The van der Waals surface area contributed by atoms with Crippen LogP contribution in [0.2, 0.25) is 5.02 Å². The number of hydrogen-bond acceptors (Lipinski definition) is 5. The zero-order valence-corrected chi connectivity index (χ0v) is 15.8. The van der Waals surface area contributed by atoms with Crippen LogP contribution in [0.25, 0.3) is 0 Å². The van der Waals surface area contributed by atoms with Crippen LogP contribution in [-0.2, 0) is 9.53 Å². The average Bonchev–Trinajstić information content (AvgIpc) is 2.55. The number of benzene rings is 2. The molecule has 9 heteroatoms. The summed E-state index contributed by atoms with van der Waals surface area (Å²) in [6, 6.07) is 8.87. The fourth-order valence-corrected chi connectivity index (χ4v) is 2.79. The minimum Gasteiger partial charge on any atom is -0.452 e. The van der Waals surface area contributed by atoms with E-state index in [0.717, 1.165) is 15.2 Å². The van der Waals surface area contributed by atoms with E-state index in [9.17, 15) is 19.7 Å². The molecule has 0 aliphatic heterocycles. The number of ether oxygens (including phenoxy) is 1. The highest BCUT2D eigenvalue weighted by Gasteiger charge is 2.18. The first kappa shape index (κ1) is 19.1. The van der Waals surface area contributed by atoms with Gasteiger partial charge in [0.05, 0.1) is 15.5 Å². The van der Waals surface area contributed by atoms with Crippen LogP contribution in [0, 0.1) is 20.6 Å². The minimum absolute atomic E-state index is 0.00415. The minimum atomic E-state index is -0.914. The molecule has 0 radical (unpaired) electrons.